The lowest BCUT2D eigenvalue weighted by Gasteiger charge is -2.30. The number of aromatic nitrogens is 3. The standard InChI is InChI=1S/C23H25N5O/c1-26-19-8-4-3-6-15(19)13-21(26)22-25-18-12-16(9-10-20(18)27(22)2)23(29)28-11-5-7-17(24)14-28/h3-4,6,8-10,12-13,17H,5,7,11,14,24H2,1-2H3. The molecular formula is C23H25N5O. The lowest BCUT2D eigenvalue weighted by molar-refractivity contribution is 0.0709. The van der Waals surface area contributed by atoms with Crippen molar-refractivity contribution in [2.75, 3.05) is 13.1 Å². The van der Waals surface area contributed by atoms with E-state index in [0.717, 1.165) is 41.9 Å². The number of fused-ring (bicyclic) bond motifs is 2. The number of likely N-dealkylation sites (tertiary alicyclic amines) is 1. The van der Waals surface area contributed by atoms with Crippen molar-refractivity contribution >= 4 is 27.8 Å². The van der Waals surface area contributed by atoms with E-state index in [0.29, 0.717) is 12.1 Å². The van der Waals surface area contributed by atoms with Crippen LogP contribution in [0.25, 0.3) is 33.5 Å². The molecule has 0 aliphatic carbocycles. The van der Waals surface area contributed by atoms with Crippen LogP contribution in [0.3, 0.4) is 0 Å². The number of carbonyl (C=O) groups is 1. The van der Waals surface area contributed by atoms with Crippen molar-refractivity contribution in [3.8, 4) is 11.5 Å². The molecular weight excluding hydrogens is 362 g/mol. The zero-order valence-corrected chi connectivity index (χ0v) is 16.8. The highest BCUT2D eigenvalue weighted by Crippen LogP contribution is 2.29. The Bertz CT molecular complexity index is 1240. The van der Waals surface area contributed by atoms with Gasteiger partial charge < -0.3 is 19.8 Å². The molecule has 1 saturated heterocycles. The van der Waals surface area contributed by atoms with Crippen molar-refractivity contribution in [3.63, 3.8) is 0 Å². The predicted octanol–water partition coefficient (Wildman–Crippen LogP) is 3.30. The minimum absolute atomic E-state index is 0.0406. The largest absolute Gasteiger partial charge is 0.341 e. The van der Waals surface area contributed by atoms with Crippen LogP contribution in [0, 0.1) is 0 Å². The van der Waals surface area contributed by atoms with Crippen molar-refractivity contribution in [2.45, 2.75) is 18.9 Å². The van der Waals surface area contributed by atoms with E-state index in [4.69, 9.17) is 10.7 Å². The number of piperidine rings is 1. The molecule has 2 N–H and O–H groups in total. The van der Waals surface area contributed by atoms with E-state index in [-0.39, 0.29) is 11.9 Å². The molecule has 0 spiro atoms. The average Bonchev–Trinajstić information content (AvgIpc) is 3.24. The van der Waals surface area contributed by atoms with E-state index in [1.807, 2.05) is 42.3 Å². The summed E-state index contributed by atoms with van der Waals surface area (Å²) in [4.78, 5) is 19.7. The Kier molecular flexibility index (Phi) is 4.17. The summed E-state index contributed by atoms with van der Waals surface area (Å²) in [6.07, 6.45) is 1.95. The summed E-state index contributed by atoms with van der Waals surface area (Å²) in [7, 11) is 4.08. The van der Waals surface area contributed by atoms with E-state index in [1.54, 1.807) is 0 Å². The van der Waals surface area contributed by atoms with Gasteiger partial charge in [0.2, 0.25) is 0 Å². The molecule has 2 aromatic carbocycles. The molecule has 29 heavy (non-hydrogen) atoms. The molecule has 1 aliphatic rings. The first-order valence-corrected chi connectivity index (χ1v) is 10.1. The van der Waals surface area contributed by atoms with Crippen LogP contribution in [0.2, 0.25) is 0 Å². The first kappa shape index (κ1) is 17.9. The quantitative estimate of drug-likeness (QED) is 0.574. The molecule has 0 radical (unpaired) electrons. The highest BCUT2D eigenvalue weighted by Gasteiger charge is 2.23. The van der Waals surface area contributed by atoms with Gasteiger partial charge in [-0.2, -0.15) is 0 Å². The van der Waals surface area contributed by atoms with Gasteiger partial charge in [-0.05, 0) is 43.2 Å². The number of para-hydroxylation sites is 1. The Morgan fingerprint density at radius 1 is 1.07 bits per heavy atom. The molecule has 3 heterocycles. The zero-order chi connectivity index (χ0) is 20.1. The van der Waals surface area contributed by atoms with E-state index in [9.17, 15) is 4.79 Å². The first-order chi connectivity index (χ1) is 14.0. The number of benzene rings is 2. The molecule has 1 unspecified atom stereocenters. The summed E-state index contributed by atoms with van der Waals surface area (Å²) in [5.74, 6) is 0.933. The van der Waals surface area contributed by atoms with Gasteiger partial charge in [0.25, 0.3) is 5.91 Å². The molecule has 2 aromatic heterocycles. The number of amides is 1. The Hall–Kier alpha value is -3.12. The number of carbonyl (C=O) groups excluding carboxylic acids is 1. The van der Waals surface area contributed by atoms with Crippen molar-refractivity contribution in [2.24, 2.45) is 19.8 Å². The summed E-state index contributed by atoms with van der Waals surface area (Å²) in [6.45, 7) is 1.40. The number of hydrogen-bond donors (Lipinski definition) is 1. The van der Waals surface area contributed by atoms with Crippen LogP contribution in [-0.4, -0.2) is 44.1 Å². The number of aryl methyl sites for hydroxylation is 2. The topological polar surface area (TPSA) is 69.1 Å². The number of hydrogen-bond acceptors (Lipinski definition) is 3. The molecule has 5 rings (SSSR count). The third-order valence-corrected chi connectivity index (χ3v) is 6.05. The molecule has 4 aromatic rings. The smallest absolute Gasteiger partial charge is 0.253 e. The molecule has 0 saturated carbocycles. The second-order valence-corrected chi connectivity index (χ2v) is 8.00. The van der Waals surface area contributed by atoms with Crippen LogP contribution in [-0.2, 0) is 14.1 Å². The van der Waals surface area contributed by atoms with Crippen LogP contribution in [0.1, 0.15) is 23.2 Å². The zero-order valence-electron chi connectivity index (χ0n) is 16.8. The monoisotopic (exact) mass is 387 g/mol. The van der Waals surface area contributed by atoms with Crippen molar-refractivity contribution in [3.05, 3.63) is 54.1 Å². The average molecular weight is 387 g/mol. The third kappa shape index (κ3) is 2.91. The van der Waals surface area contributed by atoms with E-state index in [1.165, 1.54) is 10.9 Å². The fourth-order valence-electron chi connectivity index (χ4n) is 4.44. The van der Waals surface area contributed by atoms with Gasteiger partial charge in [0, 0.05) is 49.7 Å². The molecule has 1 amide bonds. The SMILES string of the molecule is Cn1c(-c2nc3cc(C(=O)N4CCCC(N)C4)ccc3n2C)cc2ccccc21. The third-order valence-electron chi connectivity index (χ3n) is 6.05. The normalized spacial score (nSPS) is 17.3. The molecule has 6 heteroatoms. The van der Waals surface area contributed by atoms with Gasteiger partial charge in [0.05, 0.1) is 16.7 Å². The molecule has 1 fully saturated rings. The van der Waals surface area contributed by atoms with E-state index in [2.05, 4.69) is 34.4 Å². The second kappa shape index (κ2) is 6.74. The Morgan fingerprint density at radius 2 is 1.90 bits per heavy atom. The summed E-state index contributed by atoms with van der Waals surface area (Å²) < 4.78 is 4.26. The summed E-state index contributed by atoms with van der Waals surface area (Å²) in [5, 5.41) is 1.19. The maximum Gasteiger partial charge on any atom is 0.253 e. The highest BCUT2D eigenvalue weighted by molar-refractivity contribution is 5.98. The Morgan fingerprint density at radius 3 is 2.69 bits per heavy atom. The molecule has 148 valence electrons. The molecule has 1 atom stereocenters. The minimum atomic E-state index is 0.0406. The van der Waals surface area contributed by atoms with Gasteiger partial charge in [-0.15, -0.1) is 0 Å². The first-order valence-electron chi connectivity index (χ1n) is 10.1. The maximum atomic E-state index is 13.0. The van der Waals surface area contributed by atoms with Crippen molar-refractivity contribution < 1.29 is 4.79 Å². The number of rotatable bonds is 2. The van der Waals surface area contributed by atoms with Crippen LogP contribution in [0.15, 0.2) is 48.5 Å². The van der Waals surface area contributed by atoms with Crippen LogP contribution in [0.4, 0.5) is 0 Å². The van der Waals surface area contributed by atoms with Crippen molar-refractivity contribution in [1.29, 1.82) is 0 Å². The minimum Gasteiger partial charge on any atom is -0.341 e. The number of nitrogens with zero attached hydrogens (tertiary/aromatic N) is 4. The fourth-order valence-corrected chi connectivity index (χ4v) is 4.44. The molecule has 0 bridgehead atoms. The molecule has 6 nitrogen and oxygen atoms in total. The number of nitrogens with two attached hydrogens (primary N) is 1. The maximum absolute atomic E-state index is 13.0. The van der Waals surface area contributed by atoms with Crippen molar-refractivity contribution in [1.82, 2.24) is 19.0 Å². The Balaban J connectivity index is 1.56. The molecule has 1 aliphatic heterocycles. The lowest BCUT2D eigenvalue weighted by Crippen LogP contribution is -2.45. The predicted molar refractivity (Wildman–Crippen MR) is 116 cm³/mol. The summed E-state index contributed by atoms with van der Waals surface area (Å²) >= 11 is 0. The summed E-state index contributed by atoms with van der Waals surface area (Å²) in [5.41, 5.74) is 10.8. The van der Waals surface area contributed by atoms with Gasteiger partial charge in [-0.3, -0.25) is 4.79 Å². The van der Waals surface area contributed by atoms with Gasteiger partial charge >= 0.3 is 0 Å². The lowest BCUT2D eigenvalue weighted by atomic mass is 10.1. The number of imidazole rings is 1. The van der Waals surface area contributed by atoms with Gasteiger partial charge in [-0.1, -0.05) is 18.2 Å². The second-order valence-electron chi connectivity index (χ2n) is 8.00. The van der Waals surface area contributed by atoms with Gasteiger partial charge in [0.1, 0.15) is 0 Å². The summed E-state index contributed by atoms with van der Waals surface area (Å²) in [6, 6.07) is 16.4. The van der Waals surface area contributed by atoms with Crippen LogP contribution < -0.4 is 5.73 Å². The van der Waals surface area contributed by atoms with Gasteiger partial charge in [0.15, 0.2) is 5.82 Å². The van der Waals surface area contributed by atoms with E-state index < -0.39 is 0 Å². The highest BCUT2D eigenvalue weighted by atomic mass is 16.2. The van der Waals surface area contributed by atoms with Crippen LogP contribution >= 0.6 is 0 Å². The van der Waals surface area contributed by atoms with Crippen LogP contribution in [0.5, 0.6) is 0 Å². The van der Waals surface area contributed by atoms with Gasteiger partial charge in [-0.25, -0.2) is 4.98 Å². The van der Waals surface area contributed by atoms with E-state index >= 15 is 0 Å². The Labute approximate surface area is 169 Å². The fraction of sp³-hybridized carbons (Fsp3) is 0.304.